The molecule has 4 heteroatoms. The van der Waals surface area contributed by atoms with Crippen LogP contribution in [0.2, 0.25) is 0 Å². The van der Waals surface area contributed by atoms with Gasteiger partial charge in [0.2, 0.25) is 0 Å². The van der Waals surface area contributed by atoms with E-state index in [1.54, 1.807) is 0 Å². The minimum atomic E-state index is -0.291. The van der Waals surface area contributed by atoms with Gasteiger partial charge in [0, 0.05) is 10.2 Å². The molecule has 0 heterocycles. The van der Waals surface area contributed by atoms with Crippen molar-refractivity contribution in [1.29, 1.82) is 0 Å². The molecule has 0 amide bonds. The van der Waals surface area contributed by atoms with Crippen molar-refractivity contribution in [3.8, 4) is 0 Å². The molecule has 19 heavy (non-hydrogen) atoms. The van der Waals surface area contributed by atoms with Gasteiger partial charge in [-0.15, -0.1) is 0 Å². The van der Waals surface area contributed by atoms with Gasteiger partial charge < -0.3 is 10.1 Å². The van der Waals surface area contributed by atoms with Crippen molar-refractivity contribution < 1.29 is 9.53 Å². The number of ether oxygens (including phenoxy) is 1. The summed E-state index contributed by atoms with van der Waals surface area (Å²) in [7, 11) is 0. The highest BCUT2D eigenvalue weighted by molar-refractivity contribution is 9.10. The van der Waals surface area contributed by atoms with Crippen LogP contribution in [-0.4, -0.2) is 18.6 Å². The van der Waals surface area contributed by atoms with E-state index in [0.717, 1.165) is 23.0 Å². The van der Waals surface area contributed by atoms with Crippen LogP contribution in [0.1, 0.15) is 33.6 Å². The maximum Gasteiger partial charge on any atom is 0.328 e. The fourth-order valence-electron chi connectivity index (χ4n) is 2.01. The summed E-state index contributed by atoms with van der Waals surface area (Å²) in [6.45, 7) is 6.45. The van der Waals surface area contributed by atoms with E-state index in [4.69, 9.17) is 4.74 Å². The molecule has 106 valence electrons. The molecule has 1 aromatic carbocycles. The highest BCUT2D eigenvalue weighted by atomic mass is 79.9. The Morgan fingerprint density at radius 1 is 1.32 bits per heavy atom. The Hall–Kier alpha value is -1.03. The monoisotopic (exact) mass is 327 g/mol. The van der Waals surface area contributed by atoms with Crippen LogP contribution >= 0.6 is 15.9 Å². The molecule has 1 N–H and O–H groups in total. The van der Waals surface area contributed by atoms with Gasteiger partial charge in [0.05, 0.1) is 6.61 Å². The Labute approximate surface area is 123 Å². The molecule has 1 aromatic rings. The molecule has 1 rings (SSSR count). The zero-order valence-electron chi connectivity index (χ0n) is 11.8. The fourth-order valence-corrected chi connectivity index (χ4v) is 2.28. The van der Waals surface area contributed by atoms with E-state index in [1.807, 2.05) is 31.2 Å². The van der Waals surface area contributed by atoms with E-state index in [1.165, 1.54) is 0 Å². The molecule has 0 aliphatic carbocycles. The number of carbonyl (C=O) groups is 1. The second-order valence-corrected chi connectivity index (χ2v) is 5.56. The first-order valence-corrected chi connectivity index (χ1v) is 7.56. The molecule has 0 saturated heterocycles. The number of carbonyl (C=O) groups excluding carboxylic acids is 1. The van der Waals surface area contributed by atoms with Gasteiger partial charge in [-0.2, -0.15) is 0 Å². The van der Waals surface area contributed by atoms with Crippen molar-refractivity contribution in [3.05, 3.63) is 28.7 Å². The Bertz CT molecular complexity index is 392. The molecule has 0 radical (unpaired) electrons. The number of rotatable bonds is 7. The van der Waals surface area contributed by atoms with Crippen LogP contribution in [0.4, 0.5) is 5.69 Å². The van der Waals surface area contributed by atoms with Crippen molar-refractivity contribution in [2.24, 2.45) is 5.92 Å². The third-order valence-corrected chi connectivity index (χ3v) is 3.55. The number of benzene rings is 1. The maximum absolute atomic E-state index is 12.0. The summed E-state index contributed by atoms with van der Waals surface area (Å²) in [4.78, 5) is 12.0. The van der Waals surface area contributed by atoms with Crippen LogP contribution < -0.4 is 5.32 Å². The predicted octanol–water partition coefficient (Wildman–Crippen LogP) is 4.23. The SMILES string of the molecule is CCCC(C)C(Nc1ccc(Br)cc1)C(=O)OCC. The topological polar surface area (TPSA) is 38.3 Å². The molecule has 3 nitrogen and oxygen atoms in total. The lowest BCUT2D eigenvalue weighted by molar-refractivity contribution is -0.145. The highest BCUT2D eigenvalue weighted by Gasteiger charge is 2.25. The molecule has 0 fully saturated rings. The number of esters is 1. The lowest BCUT2D eigenvalue weighted by atomic mass is 9.96. The number of halogens is 1. The van der Waals surface area contributed by atoms with Crippen LogP contribution in [0.15, 0.2) is 28.7 Å². The third-order valence-electron chi connectivity index (χ3n) is 3.02. The quantitative estimate of drug-likeness (QED) is 0.761. The molecule has 0 aliphatic rings. The van der Waals surface area contributed by atoms with Crippen LogP contribution in [0.3, 0.4) is 0 Å². The normalized spacial score (nSPS) is 13.7. The average molecular weight is 328 g/mol. The summed E-state index contributed by atoms with van der Waals surface area (Å²) >= 11 is 3.40. The van der Waals surface area contributed by atoms with Crippen molar-refractivity contribution in [2.75, 3.05) is 11.9 Å². The van der Waals surface area contributed by atoms with Crippen molar-refractivity contribution >= 4 is 27.6 Å². The van der Waals surface area contributed by atoms with E-state index < -0.39 is 0 Å². The summed E-state index contributed by atoms with van der Waals surface area (Å²) in [5.41, 5.74) is 0.934. The number of hydrogen-bond donors (Lipinski definition) is 1. The number of hydrogen-bond acceptors (Lipinski definition) is 3. The Morgan fingerprint density at radius 3 is 2.47 bits per heavy atom. The molecule has 0 aromatic heterocycles. The minimum absolute atomic E-state index is 0.175. The van der Waals surface area contributed by atoms with Crippen LogP contribution in [0, 0.1) is 5.92 Å². The number of anilines is 1. The molecule has 0 spiro atoms. The Balaban J connectivity index is 2.78. The van der Waals surface area contributed by atoms with Gasteiger partial charge >= 0.3 is 5.97 Å². The van der Waals surface area contributed by atoms with E-state index in [-0.39, 0.29) is 17.9 Å². The zero-order chi connectivity index (χ0) is 14.3. The predicted molar refractivity (Wildman–Crippen MR) is 82.3 cm³/mol. The second-order valence-electron chi connectivity index (χ2n) is 4.65. The smallest absolute Gasteiger partial charge is 0.328 e. The first-order chi connectivity index (χ1) is 9.08. The van der Waals surface area contributed by atoms with Gasteiger partial charge in [-0.3, -0.25) is 0 Å². The fraction of sp³-hybridized carbons (Fsp3) is 0.533. The van der Waals surface area contributed by atoms with Crippen molar-refractivity contribution in [1.82, 2.24) is 0 Å². The zero-order valence-corrected chi connectivity index (χ0v) is 13.4. The summed E-state index contributed by atoms with van der Waals surface area (Å²) in [5.74, 6) is 0.0686. The van der Waals surface area contributed by atoms with Crippen molar-refractivity contribution in [3.63, 3.8) is 0 Å². The average Bonchev–Trinajstić information content (AvgIpc) is 2.38. The van der Waals surface area contributed by atoms with Gasteiger partial charge in [0.15, 0.2) is 0 Å². The lowest BCUT2D eigenvalue weighted by Gasteiger charge is -2.24. The molecular formula is C15H22BrNO2. The minimum Gasteiger partial charge on any atom is -0.464 e. The largest absolute Gasteiger partial charge is 0.464 e. The van der Waals surface area contributed by atoms with Crippen LogP contribution in [0.5, 0.6) is 0 Å². The van der Waals surface area contributed by atoms with Gasteiger partial charge in [-0.1, -0.05) is 36.2 Å². The van der Waals surface area contributed by atoms with Gasteiger partial charge in [0.25, 0.3) is 0 Å². The van der Waals surface area contributed by atoms with E-state index >= 15 is 0 Å². The third kappa shape index (κ3) is 5.23. The van der Waals surface area contributed by atoms with Gasteiger partial charge in [-0.25, -0.2) is 4.79 Å². The van der Waals surface area contributed by atoms with Crippen molar-refractivity contribution in [2.45, 2.75) is 39.7 Å². The molecule has 2 unspecified atom stereocenters. The molecule has 2 atom stereocenters. The molecule has 0 aliphatic heterocycles. The van der Waals surface area contributed by atoms with E-state index in [9.17, 15) is 4.79 Å². The first kappa shape index (κ1) is 16.0. The summed E-state index contributed by atoms with van der Waals surface area (Å²) in [6.07, 6.45) is 2.05. The van der Waals surface area contributed by atoms with Gasteiger partial charge in [-0.05, 0) is 43.5 Å². The van der Waals surface area contributed by atoms with Crippen LogP contribution in [0.25, 0.3) is 0 Å². The second kappa shape index (κ2) is 8.20. The first-order valence-electron chi connectivity index (χ1n) is 6.77. The Kier molecular flexibility index (Phi) is 6.92. The summed E-state index contributed by atoms with van der Waals surface area (Å²) in [6, 6.07) is 7.52. The lowest BCUT2D eigenvalue weighted by Crippen LogP contribution is -2.37. The van der Waals surface area contributed by atoms with Crippen LogP contribution in [-0.2, 0) is 9.53 Å². The summed E-state index contributed by atoms with van der Waals surface area (Å²) < 4.78 is 6.18. The number of nitrogens with one attached hydrogen (secondary N) is 1. The standard InChI is InChI=1S/C15H22BrNO2/c1-4-6-11(3)14(15(18)19-5-2)17-13-9-7-12(16)8-10-13/h7-11,14,17H,4-6H2,1-3H3. The Morgan fingerprint density at radius 2 is 1.95 bits per heavy atom. The van der Waals surface area contributed by atoms with E-state index in [0.29, 0.717) is 6.61 Å². The summed E-state index contributed by atoms with van der Waals surface area (Å²) in [5, 5.41) is 3.28. The highest BCUT2D eigenvalue weighted by Crippen LogP contribution is 2.20. The van der Waals surface area contributed by atoms with E-state index in [2.05, 4.69) is 35.1 Å². The molecular weight excluding hydrogens is 306 g/mol. The molecule has 0 saturated carbocycles. The molecule has 0 bridgehead atoms. The maximum atomic E-state index is 12.0. The van der Waals surface area contributed by atoms with Gasteiger partial charge in [0.1, 0.15) is 6.04 Å².